The van der Waals surface area contributed by atoms with Crippen LogP contribution in [0.3, 0.4) is 0 Å². The molecule has 2 rings (SSSR count). The quantitative estimate of drug-likeness (QED) is 0.753. The molecule has 1 aromatic heterocycles. The summed E-state index contributed by atoms with van der Waals surface area (Å²) in [4.78, 5) is 0. The molecular weight excluding hydrogens is 200 g/mol. The van der Waals surface area contributed by atoms with E-state index in [0.29, 0.717) is 11.8 Å². The lowest BCUT2D eigenvalue weighted by Crippen LogP contribution is -2.22. The SMILES string of the molecule is CC(C)(O)CSc1nnnn1C1CC1. The van der Waals surface area contributed by atoms with Crippen molar-refractivity contribution in [1.82, 2.24) is 20.2 Å². The second-order valence-corrected chi connectivity index (χ2v) is 5.18. The third-order valence-corrected chi connectivity index (χ3v) is 3.29. The minimum Gasteiger partial charge on any atom is -0.390 e. The number of hydrogen-bond acceptors (Lipinski definition) is 5. The molecule has 6 heteroatoms. The van der Waals surface area contributed by atoms with E-state index < -0.39 is 5.60 Å². The van der Waals surface area contributed by atoms with E-state index in [1.807, 2.05) is 4.68 Å². The predicted octanol–water partition coefficient (Wildman–Crippen LogP) is 0.871. The molecule has 0 amide bonds. The first-order chi connectivity index (χ1) is 6.56. The van der Waals surface area contributed by atoms with Crippen molar-refractivity contribution in [3.63, 3.8) is 0 Å². The number of rotatable bonds is 4. The summed E-state index contributed by atoms with van der Waals surface area (Å²) in [6.07, 6.45) is 2.34. The molecule has 1 saturated carbocycles. The fourth-order valence-electron chi connectivity index (χ4n) is 1.07. The second kappa shape index (κ2) is 3.51. The van der Waals surface area contributed by atoms with E-state index in [9.17, 15) is 5.11 Å². The Morgan fingerprint density at radius 1 is 1.57 bits per heavy atom. The maximum absolute atomic E-state index is 9.56. The summed E-state index contributed by atoms with van der Waals surface area (Å²) < 4.78 is 1.86. The van der Waals surface area contributed by atoms with Crippen molar-refractivity contribution in [1.29, 1.82) is 0 Å². The Morgan fingerprint density at radius 2 is 2.29 bits per heavy atom. The van der Waals surface area contributed by atoms with Crippen molar-refractivity contribution >= 4 is 11.8 Å². The number of aliphatic hydroxyl groups is 1. The zero-order valence-electron chi connectivity index (χ0n) is 8.34. The highest BCUT2D eigenvalue weighted by Gasteiger charge is 2.28. The lowest BCUT2D eigenvalue weighted by Gasteiger charge is -2.15. The first kappa shape index (κ1) is 9.92. The van der Waals surface area contributed by atoms with Gasteiger partial charge in [0.2, 0.25) is 5.16 Å². The Kier molecular flexibility index (Phi) is 2.48. The first-order valence-electron chi connectivity index (χ1n) is 4.69. The van der Waals surface area contributed by atoms with Crippen LogP contribution in [-0.4, -0.2) is 36.7 Å². The largest absolute Gasteiger partial charge is 0.390 e. The fraction of sp³-hybridized carbons (Fsp3) is 0.875. The van der Waals surface area contributed by atoms with Gasteiger partial charge in [-0.25, -0.2) is 4.68 Å². The minimum atomic E-state index is -0.676. The van der Waals surface area contributed by atoms with Gasteiger partial charge in [0.05, 0.1) is 11.6 Å². The van der Waals surface area contributed by atoms with Crippen LogP contribution in [0, 0.1) is 0 Å². The topological polar surface area (TPSA) is 63.8 Å². The Morgan fingerprint density at radius 3 is 2.86 bits per heavy atom. The molecule has 1 fully saturated rings. The van der Waals surface area contributed by atoms with Gasteiger partial charge >= 0.3 is 0 Å². The Bertz CT molecular complexity index is 315. The highest BCUT2D eigenvalue weighted by atomic mass is 32.2. The lowest BCUT2D eigenvalue weighted by atomic mass is 10.2. The van der Waals surface area contributed by atoms with Gasteiger partial charge in [-0.05, 0) is 37.1 Å². The lowest BCUT2D eigenvalue weighted by molar-refractivity contribution is 0.107. The Balaban J connectivity index is 1.98. The number of hydrogen-bond donors (Lipinski definition) is 1. The molecule has 0 saturated heterocycles. The van der Waals surface area contributed by atoms with Crippen LogP contribution in [0.15, 0.2) is 5.16 Å². The molecule has 0 spiro atoms. The molecule has 0 aliphatic heterocycles. The normalized spacial score (nSPS) is 17.4. The first-order valence-corrected chi connectivity index (χ1v) is 5.68. The van der Waals surface area contributed by atoms with Gasteiger partial charge in [-0.2, -0.15) is 0 Å². The van der Waals surface area contributed by atoms with Crippen molar-refractivity contribution < 1.29 is 5.11 Å². The molecule has 0 radical (unpaired) electrons. The summed E-state index contributed by atoms with van der Waals surface area (Å²) >= 11 is 1.51. The van der Waals surface area contributed by atoms with Crippen LogP contribution in [0.25, 0.3) is 0 Å². The van der Waals surface area contributed by atoms with Crippen LogP contribution in [0.1, 0.15) is 32.7 Å². The smallest absolute Gasteiger partial charge is 0.209 e. The van der Waals surface area contributed by atoms with Gasteiger partial charge in [0, 0.05) is 5.75 Å². The van der Waals surface area contributed by atoms with E-state index in [1.165, 1.54) is 24.6 Å². The summed E-state index contributed by atoms with van der Waals surface area (Å²) in [6.45, 7) is 3.57. The van der Waals surface area contributed by atoms with Crippen LogP contribution in [-0.2, 0) is 0 Å². The van der Waals surface area contributed by atoms with Crippen molar-refractivity contribution in [2.45, 2.75) is 43.5 Å². The average Bonchev–Trinajstić information content (AvgIpc) is 2.81. The highest BCUT2D eigenvalue weighted by Crippen LogP contribution is 2.36. The summed E-state index contributed by atoms with van der Waals surface area (Å²) in [5.41, 5.74) is -0.676. The monoisotopic (exact) mass is 214 g/mol. The van der Waals surface area contributed by atoms with E-state index in [2.05, 4.69) is 15.5 Å². The molecule has 0 unspecified atom stereocenters. The number of aromatic nitrogens is 4. The maximum atomic E-state index is 9.56. The van der Waals surface area contributed by atoms with Gasteiger partial charge in [-0.15, -0.1) is 5.10 Å². The van der Waals surface area contributed by atoms with E-state index in [0.717, 1.165) is 5.16 Å². The number of nitrogens with zero attached hydrogens (tertiary/aromatic N) is 4. The maximum Gasteiger partial charge on any atom is 0.209 e. The van der Waals surface area contributed by atoms with Gasteiger partial charge in [0.1, 0.15) is 0 Å². The zero-order valence-corrected chi connectivity index (χ0v) is 9.16. The molecule has 0 bridgehead atoms. The standard InChI is InChI=1S/C8H14N4OS/c1-8(2,13)5-14-7-9-10-11-12(7)6-3-4-6/h6,13H,3-5H2,1-2H3. The molecule has 1 aliphatic rings. The van der Waals surface area contributed by atoms with E-state index >= 15 is 0 Å². The summed E-state index contributed by atoms with van der Waals surface area (Å²) in [5, 5.41) is 21.9. The molecule has 0 atom stereocenters. The van der Waals surface area contributed by atoms with E-state index in [1.54, 1.807) is 13.8 Å². The van der Waals surface area contributed by atoms with Crippen molar-refractivity contribution in [2.75, 3.05) is 5.75 Å². The summed E-state index contributed by atoms with van der Waals surface area (Å²) in [7, 11) is 0. The van der Waals surface area contributed by atoms with Crippen molar-refractivity contribution in [3.05, 3.63) is 0 Å². The second-order valence-electron chi connectivity index (χ2n) is 4.24. The molecule has 1 aliphatic carbocycles. The predicted molar refractivity (Wildman–Crippen MR) is 53.1 cm³/mol. The molecule has 5 nitrogen and oxygen atoms in total. The average molecular weight is 214 g/mol. The van der Waals surface area contributed by atoms with Crippen LogP contribution >= 0.6 is 11.8 Å². The van der Waals surface area contributed by atoms with Crippen LogP contribution < -0.4 is 0 Å². The van der Waals surface area contributed by atoms with Crippen molar-refractivity contribution in [3.8, 4) is 0 Å². The van der Waals surface area contributed by atoms with Crippen LogP contribution in [0.5, 0.6) is 0 Å². The Labute approximate surface area is 86.9 Å². The van der Waals surface area contributed by atoms with Gasteiger partial charge < -0.3 is 5.11 Å². The summed E-state index contributed by atoms with van der Waals surface area (Å²) in [5.74, 6) is 0.611. The molecule has 1 N–H and O–H groups in total. The number of tetrazole rings is 1. The van der Waals surface area contributed by atoms with Crippen LogP contribution in [0.2, 0.25) is 0 Å². The molecular formula is C8H14N4OS. The summed E-state index contributed by atoms with van der Waals surface area (Å²) in [6, 6.07) is 0.495. The zero-order chi connectivity index (χ0) is 10.2. The fourth-order valence-corrected chi connectivity index (χ4v) is 1.96. The third-order valence-electron chi connectivity index (χ3n) is 1.91. The van der Waals surface area contributed by atoms with Gasteiger partial charge in [-0.1, -0.05) is 11.8 Å². The molecule has 1 aromatic rings. The third kappa shape index (κ3) is 2.45. The van der Waals surface area contributed by atoms with Gasteiger partial charge in [0.15, 0.2) is 0 Å². The molecule has 0 aromatic carbocycles. The number of thioether (sulfide) groups is 1. The highest BCUT2D eigenvalue weighted by molar-refractivity contribution is 7.99. The van der Waals surface area contributed by atoms with Gasteiger partial charge in [-0.3, -0.25) is 0 Å². The molecule has 14 heavy (non-hydrogen) atoms. The Hall–Kier alpha value is -0.620. The van der Waals surface area contributed by atoms with E-state index in [-0.39, 0.29) is 0 Å². The van der Waals surface area contributed by atoms with Crippen molar-refractivity contribution in [2.24, 2.45) is 0 Å². The van der Waals surface area contributed by atoms with E-state index in [4.69, 9.17) is 0 Å². The van der Waals surface area contributed by atoms with Gasteiger partial charge in [0.25, 0.3) is 0 Å². The minimum absolute atomic E-state index is 0.495. The van der Waals surface area contributed by atoms with Crippen LogP contribution in [0.4, 0.5) is 0 Å². The molecule has 1 heterocycles. The molecule has 78 valence electrons.